The van der Waals surface area contributed by atoms with Crippen LogP contribution in [0.2, 0.25) is 0 Å². The van der Waals surface area contributed by atoms with Crippen LogP contribution >= 0.6 is 0 Å². The molecule has 8 nitrogen and oxygen atoms in total. The van der Waals surface area contributed by atoms with Gasteiger partial charge in [0.05, 0.1) is 0 Å². The van der Waals surface area contributed by atoms with Crippen LogP contribution in [0.1, 0.15) is 2.85 Å². The number of hydrogen-bond donors (Lipinski definition) is 2. The van der Waals surface area contributed by atoms with Gasteiger partial charge in [0.15, 0.2) is 0 Å². The number of tetrazole rings is 2. The summed E-state index contributed by atoms with van der Waals surface area (Å²) >= 11 is 0. The minimum Gasteiger partial charge on any atom is -1.00 e. The molecule has 2 N–H and O–H groups in total. The topological polar surface area (TPSA) is 109 Å². The average molecular weight is 180 g/mol. The molecule has 0 bridgehead atoms. The van der Waals surface area contributed by atoms with Crippen molar-refractivity contribution in [2.45, 2.75) is 0 Å². The van der Waals surface area contributed by atoms with Crippen molar-refractivity contribution in [1.29, 1.82) is 0 Å². The van der Waals surface area contributed by atoms with Crippen LogP contribution in [0, 0.1) is 0 Å². The Morgan fingerprint density at radius 2 is 1.36 bits per heavy atom. The molecule has 54 valence electrons. The van der Waals surface area contributed by atoms with Crippen LogP contribution in [-0.2, 0) is 0 Å². The minimum absolute atomic E-state index is 0. The van der Waals surface area contributed by atoms with Crippen LogP contribution in [0.15, 0.2) is 0 Å². The third kappa shape index (κ3) is 1.70. The molecule has 0 amide bonds. The molecule has 0 unspecified atom stereocenters. The van der Waals surface area contributed by atoms with E-state index in [0.717, 1.165) is 0 Å². The molecular weight excluding hydrogens is 176 g/mol. The van der Waals surface area contributed by atoms with Gasteiger partial charge in [0.2, 0.25) is 11.6 Å². The van der Waals surface area contributed by atoms with Gasteiger partial charge in [-0.25, -0.2) is 0 Å². The van der Waals surface area contributed by atoms with Crippen LogP contribution < -0.4 is 0 Å². The molecule has 2 heterocycles. The maximum Gasteiger partial charge on any atom is 2.00 e. The van der Waals surface area contributed by atoms with Crippen LogP contribution in [0.5, 0.6) is 0 Å². The van der Waals surface area contributed by atoms with Gasteiger partial charge < -0.3 is 2.85 Å². The van der Waals surface area contributed by atoms with Crippen LogP contribution in [0.3, 0.4) is 0 Å². The number of H-pyrrole nitrogens is 2. The van der Waals surface area contributed by atoms with Gasteiger partial charge >= 0.3 is 37.7 Å². The first kappa shape index (κ1) is 8.50. The van der Waals surface area contributed by atoms with Crippen molar-refractivity contribution < 1.29 is 2.85 Å². The zero-order valence-electron chi connectivity index (χ0n) is 7.39. The third-order valence-corrected chi connectivity index (χ3v) is 0.891. The molecule has 0 aliphatic heterocycles. The molecule has 9 heteroatoms. The zero-order chi connectivity index (χ0) is 6.81. The van der Waals surface area contributed by atoms with E-state index in [9.17, 15) is 0 Å². The molecule has 0 atom stereocenters. The van der Waals surface area contributed by atoms with E-state index in [2.05, 4.69) is 41.2 Å². The number of hydrogen-bond acceptors (Lipinski definition) is 6. The van der Waals surface area contributed by atoms with Gasteiger partial charge in [-0.1, -0.05) is 0 Å². The van der Waals surface area contributed by atoms with E-state index >= 15 is 0 Å². The second kappa shape index (κ2) is 3.69. The van der Waals surface area contributed by atoms with Crippen molar-refractivity contribution in [3.05, 3.63) is 0 Å². The van der Waals surface area contributed by atoms with Crippen LogP contribution in [0.4, 0.5) is 0 Å². The van der Waals surface area contributed by atoms with Gasteiger partial charge in [0.1, 0.15) is 0 Å². The Morgan fingerprint density at radius 3 is 1.64 bits per heavy atom. The van der Waals surface area contributed by atoms with E-state index in [1.807, 2.05) is 0 Å². The Bertz CT molecular complexity index is 260. The predicted octanol–water partition coefficient (Wildman–Crippen LogP) is -1.78. The second-order valence-corrected chi connectivity index (χ2v) is 1.47. The van der Waals surface area contributed by atoms with Crippen molar-refractivity contribution in [2.75, 3.05) is 0 Å². The first-order valence-electron chi connectivity index (χ1n) is 2.44. The molecule has 2 aromatic heterocycles. The minimum atomic E-state index is 0. The Balaban J connectivity index is 0. The Labute approximate surface area is 93.1 Å². The number of aromatic nitrogens is 8. The molecule has 0 saturated carbocycles. The Kier molecular flexibility index (Phi) is 2.85. The fourth-order valence-electron chi connectivity index (χ4n) is 0.513. The van der Waals surface area contributed by atoms with Gasteiger partial charge in [-0.2, -0.15) is 10.4 Å². The molecule has 2 rings (SSSR count). The fraction of sp³-hybridized carbons (Fsp3) is 0. The monoisotopic (exact) mass is 180 g/mol. The van der Waals surface area contributed by atoms with Crippen LogP contribution in [0.25, 0.3) is 11.6 Å². The maximum absolute atomic E-state index is 3.63. The van der Waals surface area contributed by atoms with Crippen molar-refractivity contribution in [2.24, 2.45) is 0 Å². The summed E-state index contributed by atoms with van der Waals surface area (Å²) in [6.45, 7) is 0. The van der Waals surface area contributed by atoms with Gasteiger partial charge in [-0.05, 0) is 10.4 Å². The molecule has 0 fully saturated rings. The third-order valence-electron chi connectivity index (χ3n) is 0.891. The molecule has 11 heavy (non-hydrogen) atoms. The smallest absolute Gasteiger partial charge is 1.00 e. The number of aromatic amines is 2. The number of nitrogens with one attached hydrogen (secondary N) is 2. The average Bonchev–Trinajstić information content (AvgIpc) is 2.59. The first-order chi connectivity index (χ1) is 4.97. The fourth-order valence-corrected chi connectivity index (χ4v) is 0.513. The van der Waals surface area contributed by atoms with Crippen molar-refractivity contribution in [1.82, 2.24) is 41.2 Å². The quantitative estimate of drug-likeness (QED) is 0.502. The summed E-state index contributed by atoms with van der Waals surface area (Å²) in [6.07, 6.45) is 0. The van der Waals surface area contributed by atoms with Gasteiger partial charge in [-0.3, -0.25) is 0 Å². The first-order valence-corrected chi connectivity index (χ1v) is 2.44. The van der Waals surface area contributed by atoms with E-state index in [-0.39, 0.29) is 40.6 Å². The molecule has 2 aromatic rings. The number of nitrogens with zero attached hydrogens (tertiary/aromatic N) is 6. The van der Waals surface area contributed by atoms with E-state index in [1.165, 1.54) is 0 Å². The SMILES string of the molecule is [Ca+2].[H-].[H-].n1nc(-c2nn[nH]n2)n[nH]1. The predicted molar refractivity (Wildman–Crippen MR) is 35.3 cm³/mol. The molecule has 0 radical (unpaired) electrons. The molecule has 0 spiro atoms. The van der Waals surface area contributed by atoms with Crippen molar-refractivity contribution in [3.8, 4) is 11.6 Å². The molecule has 0 aliphatic rings. The summed E-state index contributed by atoms with van der Waals surface area (Å²) in [5.41, 5.74) is 0. The largest absolute Gasteiger partial charge is 2.00 e. The van der Waals surface area contributed by atoms with E-state index in [0.29, 0.717) is 11.6 Å². The van der Waals surface area contributed by atoms with E-state index in [4.69, 9.17) is 0 Å². The normalized spacial score (nSPS) is 9.09. The maximum atomic E-state index is 3.63. The van der Waals surface area contributed by atoms with Crippen molar-refractivity contribution >= 4 is 37.7 Å². The Hall–Kier alpha value is -0.600. The molecule has 0 aliphatic carbocycles. The molecule has 0 aromatic carbocycles. The summed E-state index contributed by atoms with van der Waals surface area (Å²) in [4.78, 5) is 0. The standard InChI is InChI=1S/C2H2N8.Ca.2H/c3-1(4-8-7-3)2-5-9-10-6-2;;;/h(H,3,4,7,8)(H,5,6,9,10);;;/q;+2;2*-1. The van der Waals surface area contributed by atoms with Crippen molar-refractivity contribution in [3.63, 3.8) is 0 Å². The molecule has 0 saturated heterocycles. The summed E-state index contributed by atoms with van der Waals surface area (Å²) in [5, 5.41) is 25.7. The zero-order valence-corrected chi connectivity index (χ0v) is 7.60. The van der Waals surface area contributed by atoms with Gasteiger partial charge in [0, 0.05) is 0 Å². The Morgan fingerprint density at radius 1 is 0.909 bits per heavy atom. The summed E-state index contributed by atoms with van der Waals surface area (Å²) in [5.74, 6) is 0.655. The van der Waals surface area contributed by atoms with E-state index < -0.39 is 0 Å². The van der Waals surface area contributed by atoms with Gasteiger partial charge in [-0.15, -0.1) is 20.4 Å². The summed E-state index contributed by atoms with van der Waals surface area (Å²) in [7, 11) is 0. The van der Waals surface area contributed by atoms with Crippen LogP contribution in [-0.4, -0.2) is 79.0 Å². The number of rotatable bonds is 1. The summed E-state index contributed by atoms with van der Waals surface area (Å²) < 4.78 is 0. The second-order valence-electron chi connectivity index (χ2n) is 1.47. The molecular formula is C2H4CaN8. The summed E-state index contributed by atoms with van der Waals surface area (Å²) in [6, 6.07) is 0. The van der Waals surface area contributed by atoms with E-state index in [1.54, 1.807) is 0 Å². The van der Waals surface area contributed by atoms with Gasteiger partial charge in [0.25, 0.3) is 0 Å².